The summed E-state index contributed by atoms with van der Waals surface area (Å²) < 4.78 is 70.7. The van der Waals surface area contributed by atoms with Gasteiger partial charge in [0.1, 0.15) is 6.54 Å². The van der Waals surface area contributed by atoms with Crippen molar-refractivity contribution in [1.82, 2.24) is 9.13 Å². The van der Waals surface area contributed by atoms with Crippen LogP contribution in [0.4, 0.5) is 24.5 Å². The van der Waals surface area contributed by atoms with Crippen LogP contribution in [0.2, 0.25) is 5.02 Å². The third-order valence-corrected chi connectivity index (χ3v) is 7.84. The lowest BCUT2D eigenvalue weighted by molar-refractivity contribution is -0.137. The second-order valence-electron chi connectivity index (χ2n) is 8.14. The van der Waals surface area contributed by atoms with Gasteiger partial charge in [0.25, 0.3) is 10.0 Å². The minimum absolute atomic E-state index is 0.216. The Hall–Kier alpha value is -3.77. The Balaban J connectivity index is 1.73. The Morgan fingerprint density at radius 2 is 1.62 bits per heavy atom. The molecule has 8 nitrogen and oxygen atoms in total. The van der Waals surface area contributed by atoms with Crippen LogP contribution in [0, 0.1) is 0 Å². The van der Waals surface area contributed by atoms with Gasteiger partial charge in [0.05, 0.1) is 32.2 Å². The number of benzene rings is 3. The first-order valence-electron chi connectivity index (χ1n) is 10.7. The molecule has 0 saturated carbocycles. The molecule has 1 aromatic heterocycles. The van der Waals surface area contributed by atoms with Crippen molar-refractivity contribution in [2.75, 3.05) is 16.2 Å². The fourth-order valence-electron chi connectivity index (χ4n) is 3.84. The number of amides is 1. The third-order valence-electron chi connectivity index (χ3n) is 5.72. The normalized spacial score (nSPS) is 12.1. The number of carbonyl (C=O) groups is 1. The summed E-state index contributed by atoms with van der Waals surface area (Å²) >= 11 is 5.71. The quantitative estimate of drug-likeness (QED) is 0.384. The third kappa shape index (κ3) is 5.07. The van der Waals surface area contributed by atoms with Crippen LogP contribution < -0.4 is 15.3 Å². The lowest BCUT2D eigenvalue weighted by Crippen LogP contribution is -2.38. The number of rotatable bonds is 6. The Kier molecular flexibility index (Phi) is 6.82. The molecule has 194 valence electrons. The van der Waals surface area contributed by atoms with E-state index in [-0.39, 0.29) is 16.3 Å². The van der Waals surface area contributed by atoms with E-state index in [1.54, 1.807) is 26.2 Å². The Morgan fingerprint density at radius 1 is 0.973 bits per heavy atom. The second-order valence-corrected chi connectivity index (χ2v) is 10.4. The SMILES string of the molecule is Cn1c(=O)n(C)c2cc(NC(=O)CN(c3ccc(Cl)c(C(F)(F)F)c3)S(=O)(=O)c3ccccc3)ccc21. The van der Waals surface area contributed by atoms with Crippen molar-refractivity contribution in [2.24, 2.45) is 14.1 Å². The summed E-state index contributed by atoms with van der Waals surface area (Å²) in [6.45, 7) is -0.831. The first-order chi connectivity index (χ1) is 17.3. The zero-order valence-electron chi connectivity index (χ0n) is 19.5. The number of anilines is 2. The molecule has 0 aliphatic rings. The Bertz CT molecular complexity index is 1670. The summed E-state index contributed by atoms with van der Waals surface area (Å²) in [4.78, 5) is 24.9. The maximum atomic E-state index is 13.5. The number of carbonyl (C=O) groups excluding carboxylic acids is 1. The van der Waals surface area contributed by atoms with E-state index < -0.39 is 44.9 Å². The molecule has 13 heteroatoms. The molecule has 1 N–H and O–H groups in total. The van der Waals surface area contributed by atoms with Gasteiger partial charge in [-0.3, -0.25) is 18.2 Å². The number of hydrogen-bond acceptors (Lipinski definition) is 4. The molecule has 1 amide bonds. The van der Waals surface area contributed by atoms with E-state index in [0.29, 0.717) is 21.4 Å². The van der Waals surface area contributed by atoms with Gasteiger partial charge in [-0.2, -0.15) is 13.2 Å². The van der Waals surface area contributed by atoms with Crippen molar-refractivity contribution in [3.63, 3.8) is 0 Å². The number of nitrogens with zero attached hydrogens (tertiary/aromatic N) is 3. The van der Waals surface area contributed by atoms with Gasteiger partial charge in [-0.15, -0.1) is 0 Å². The van der Waals surface area contributed by atoms with Gasteiger partial charge in [-0.25, -0.2) is 13.2 Å². The van der Waals surface area contributed by atoms with Gasteiger partial charge >= 0.3 is 11.9 Å². The van der Waals surface area contributed by atoms with Crippen LogP contribution in [0.15, 0.2) is 76.4 Å². The molecule has 0 aliphatic carbocycles. The fraction of sp³-hybridized carbons (Fsp3) is 0.167. The summed E-state index contributed by atoms with van der Waals surface area (Å²) in [5, 5.41) is 1.94. The maximum Gasteiger partial charge on any atom is 0.417 e. The van der Waals surface area contributed by atoms with E-state index in [1.807, 2.05) is 0 Å². The van der Waals surface area contributed by atoms with Gasteiger partial charge in [-0.1, -0.05) is 29.8 Å². The largest absolute Gasteiger partial charge is 0.417 e. The number of fused-ring (bicyclic) bond motifs is 1. The summed E-state index contributed by atoms with van der Waals surface area (Å²) in [7, 11) is -1.29. The molecule has 1 heterocycles. The molecule has 0 saturated heterocycles. The van der Waals surface area contributed by atoms with Crippen LogP contribution in [-0.2, 0) is 35.1 Å². The molecule has 37 heavy (non-hydrogen) atoms. The average Bonchev–Trinajstić information content (AvgIpc) is 3.06. The number of sulfonamides is 1. The van der Waals surface area contributed by atoms with Crippen LogP contribution in [0.3, 0.4) is 0 Å². The van der Waals surface area contributed by atoms with Gasteiger partial charge in [-0.05, 0) is 48.5 Å². The van der Waals surface area contributed by atoms with Crippen LogP contribution in [0.5, 0.6) is 0 Å². The Morgan fingerprint density at radius 3 is 2.27 bits per heavy atom. The van der Waals surface area contributed by atoms with Gasteiger partial charge in [0, 0.05) is 19.8 Å². The van der Waals surface area contributed by atoms with Crippen LogP contribution in [0.25, 0.3) is 11.0 Å². The molecule has 4 rings (SSSR count). The molecule has 0 fully saturated rings. The molecule has 0 atom stereocenters. The minimum Gasteiger partial charge on any atom is -0.324 e. The van der Waals surface area contributed by atoms with Crippen LogP contribution in [-0.4, -0.2) is 30.0 Å². The van der Waals surface area contributed by atoms with Crippen molar-refractivity contribution in [3.8, 4) is 0 Å². The van der Waals surface area contributed by atoms with Crippen molar-refractivity contribution >= 4 is 49.9 Å². The highest BCUT2D eigenvalue weighted by Gasteiger charge is 2.35. The molecule has 4 aromatic rings. The number of halogens is 4. The highest BCUT2D eigenvalue weighted by atomic mass is 35.5. The van der Waals surface area contributed by atoms with Crippen molar-refractivity contribution in [3.05, 3.63) is 87.8 Å². The molecule has 0 spiro atoms. The van der Waals surface area contributed by atoms with E-state index in [4.69, 9.17) is 11.6 Å². The van der Waals surface area contributed by atoms with E-state index in [1.165, 1.54) is 45.5 Å². The van der Waals surface area contributed by atoms with E-state index in [0.717, 1.165) is 12.1 Å². The highest BCUT2D eigenvalue weighted by Crippen LogP contribution is 2.38. The number of aromatic nitrogens is 2. The monoisotopic (exact) mass is 552 g/mol. The van der Waals surface area contributed by atoms with E-state index in [9.17, 15) is 31.2 Å². The zero-order chi connectivity index (χ0) is 27.1. The molecular formula is C24H20ClF3N4O4S. The van der Waals surface area contributed by atoms with Crippen molar-refractivity contribution in [2.45, 2.75) is 11.1 Å². The van der Waals surface area contributed by atoms with E-state index in [2.05, 4.69) is 5.32 Å². The number of imidazole rings is 1. The first kappa shape index (κ1) is 26.3. The predicted octanol–water partition coefficient (Wildman–Crippen LogP) is 4.38. The smallest absolute Gasteiger partial charge is 0.324 e. The second kappa shape index (κ2) is 9.60. The predicted molar refractivity (Wildman–Crippen MR) is 134 cm³/mol. The van der Waals surface area contributed by atoms with Crippen molar-refractivity contribution in [1.29, 1.82) is 0 Å². The summed E-state index contributed by atoms with van der Waals surface area (Å²) in [6, 6.07) is 14.3. The standard InChI is InChI=1S/C24H20ClF3N4O4S/c1-30-20-11-8-15(12-21(20)31(2)23(30)34)29-22(33)14-32(37(35,36)17-6-4-3-5-7-17)16-9-10-19(25)18(13-16)24(26,27)28/h3-13H,14H2,1-2H3,(H,29,33). The minimum atomic E-state index is -4.85. The Labute approximate surface area is 214 Å². The number of alkyl halides is 3. The highest BCUT2D eigenvalue weighted by molar-refractivity contribution is 7.92. The lowest BCUT2D eigenvalue weighted by Gasteiger charge is -2.25. The molecule has 0 radical (unpaired) electrons. The summed E-state index contributed by atoms with van der Waals surface area (Å²) in [6.07, 6.45) is -4.85. The first-order valence-corrected chi connectivity index (χ1v) is 12.5. The number of nitrogens with one attached hydrogen (secondary N) is 1. The zero-order valence-corrected chi connectivity index (χ0v) is 21.0. The molecule has 0 bridgehead atoms. The van der Waals surface area contributed by atoms with E-state index >= 15 is 0 Å². The molecule has 0 unspecified atom stereocenters. The topological polar surface area (TPSA) is 93.4 Å². The molecule has 0 aliphatic heterocycles. The maximum absolute atomic E-state index is 13.5. The molecule has 3 aromatic carbocycles. The number of hydrogen-bond donors (Lipinski definition) is 1. The van der Waals surface area contributed by atoms with Gasteiger partial charge < -0.3 is 5.32 Å². The van der Waals surface area contributed by atoms with Crippen LogP contribution >= 0.6 is 11.6 Å². The van der Waals surface area contributed by atoms with Gasteiger partial charge in [0.2, 0.25) is 5.91 Å². The number of aryl methyl sites for hydroxylation is 2. The summed E-state index contributed by atoms with van der Waals surface area (Å²) in [5.41, 5.74) is -0.511. The average molecular weight is 553 g/mol. The lowest BCUT2D eigenvalue weighted by atomic mass is 10.2. The summed E-state index contributed by atoms with van der Waals surface area (Å²) in [5.74, 6) is -0.816. The van der Waals surface area contributed by atoms with Crippen molar-refractivity contribution < 1.29 is 26.4 Å². The van der Waals surface area contributed by atoms with Crippen LogP contribution in [0.1, 0.15) is 5.56 Å². The molecular weight excluding hydrogens is 533 g/mol. The van der Waals surface area contributed by atoms with Gasteiger partial charge in [0.15, 0.2) is 0 Å². The fourth-order valence-corrected chi connectivity index (χ4v) is 5.49.